The topological polar surface area (TPSA) is 92.4 Å². The maximum absolute atomic E-state index is 12.1. The van der Waals surface area contributed by atoms with Gasteiger partial charge in [-0.15, -0.1) is 0 Å². The van der Waals surface area contributed by atoms with Gasteiger partial charge in [0.25, 0.3) is 0 Å². The molecule has 0 aliphatic heterocycles. The number of unbranched alkanes of at least 4 members (excludes halogenated alkanes) is 1. The van der Waals surface area contributed by atoms with Crippen molar-refractivity contribution in [2.75, 3.05) is 0 Å². The quantitative estimate of drug-likeness (QED) is 0.776. The van der Waals surface area contributed by atoms with Crippen molar-refractivity contribution in [1.29, 1.82) is 0 Å². The predicted molar refractivity (Wildman–Crippen MR) is 89.5 cm³/mol. The van der Waals surface area contributed by atoms with Gasteiger partial charge in [0.2, 0.25) is 11.8 Å². The van der Waals surface area contributed by atoms with E-state index in [1.165, 1.54) is 0 Å². The summed E-state index contributed by atoms with van der Waals surface area (Å²) in [6.45, 7) is 3.72. The van der Waals surface area contributed by atoms with Crippen molar-refractivity contribution in [2.45, 2.75) is 45.6 Å². The summed E-state index contributed by atoms with van der Waals surface area (Å²) in [4.78, 5) is 27.7. The second kappa shape index (κ2) is 8.29. The van der Waals surface area contributed by atoms with Crippen LogP contribution in [-0.4, -0.2) is 28.0 Å². The van der Waals surface area contributed by atoms with Gasteiger partial charge in [0, 0.05) is 5.56 Å². The number of aromatic nitrogens is 1. The highest BCUT2D eigenvalue weighted by atomic mass is 16.4. The maximum atomic E-state index is 12.1. The number of hydrogen-bond donors (Lipinski definition) is 2. The van der Waals surface area contributed by atoms with Gasteiger partial charge in [0.1, 0.15) is 11.8 Å². The van der Waals surface area contributed by atoms with Crippen molar-refractivity contribution >= 4 is 11.9 Å². The van der Waals surface area contributed by atoms with Crippen LogP contribution < -0.4 is 5.32 Å². The van der Waals surface area contributed by atoms with E-state index in [9.17, 15) is 14.7 Å². The molecule has 0 aliphatic carbocycles. The summed E-state index contributed by atoms with van der Waals surface area (Å²) >= 11 is 0. The third-order valence-corrected chi connectivity index (χ3v) is 3.72. The highest BCUT2D eigenvalue weighted by molar-refractivity contribution is 5.84. The normalized spacial score (nSPS) is 11.9. The Morgan fingerprint density at radius 1 is 1.29 bits per heavy atom. The van der Waals surface area contributed by atoms with Crippen molar-refractivity contribution in [3.63, 3.8) is 0 Å². The Labute approximate surface area is 140 Å². The predicted octanol–water partition coefficient (Wildman–Crippen LogP) is 2.95. The molecule has 6 heteroatoms. The van der Waals surface area contributed by atoms with Gasteiger partial charge in [-0.3, -0.25) is 4.79 Å². The molecule has 1 atom stereocenters. The first-order valence-corrected chi connectivity index (χ1v) is 8.05. The fraction of sp³-hybridized carbons (Fsp3) is 0.389. The molecule has 128 valence electrons. The molecule has 0 bridgehead atoms. The lowest BCUT2D eigenvalue weighted by atomic mass is 10.1. The van der Waals surface area contributed by atoms with Gasteiger partial charge in [-0.25, -0.2) is 9.78 Å². The lowest BCUT2D eigenvalue weighted by molar-refractivity contribution is -0.142. The number of carbonyl (C=O) groups excluding carboxylic acids is 1. The van der Waals surface area contributed by atoms with E-state index < -0.39 is 12.0 Å². The van der Waals surface area contributed by atoms with Crippen molar-refractivity contribution < 1.29 is 19.1 Å². The zero-order valence-electron chi connectivity index (χ0n) is 13.9. The lowest BCUT2D eigenvalue weighted by Gasteiger charge is -2.13. The Morgan fingerprint density at radius 2 is 2.00 bits per heavy atom. The molecular formula is C18H22N2O4. The van der Waals surface area contributed by atoms with Crippen LogP contribution in [0.1, 0.15) is 37.6 Å². The number of rotatable bonds is 8. The van der Waals surface area contributed by atoms with Gasteiger partial charge in [-0.1, -0.05) is 38.0 Å². The molecule has 0 radical (unpaired) electrons. The van der Waals surface area contributed by atoms with Gasteiger partial charge in [0.15, 0.2) is 0 Å². The van der Waals surface area contributed by atoms with Gasteiger partial charge in [-0.2, -0.15) is 0 Å². The van der Waals surface area contributed by atoms with Crippen LogP contribution in [0.5, 0.6) is 0 Å². The summed E-state index contributed by atoms with van der Waals surface area (Å²) in [7, 11) is 0. The molecule has 2 rings (SSSR count). The largest absolute Gasteiger partial charge is 0.480 e. The number of oxazole rings is 1. The molecule has 24 heavy (non-hydrogen) atoms. The van der Waals surface area contributed by atoms with Crippen LogP contribution >= 0.6 is 0 Å². The van der Waals surface area contributed by atoms with E-state index in [0.717, 1.165) is 18.4 Å². The molecular weight excluding hydrogens is 308 g/mol. The molecule has 0 aliphatic rings. The third kappa shape index (κ3) is 4.68. The maximum Gasteiger partial charge on any atom is 0.326 e. The molecule has 2 aromatic rings. The summed E-state index contributed by atoms with van der Waals surface area (Å²) < 4.78 is 5.61. The first-order chi connectivity index (χ1) is 11.5. The molecule has 1 aromatic heterocycles. The molecule has 0 fully saturated rings. The number of benzene rings is 1. The van der Waals surface area contributed by atoms with Crippen LogP contribution in [0.4, 0.5) is 0 Å². The van der Waals surface area contributed by atoms with Gasteiger partial charge >= 0.3 is 5.97 Å². The average Bonchev–Trinajstić information content (AvgIpc) is 2.93. The van der Waals surface area contributed by atoms with Crippen molar-refractivity contribution in [1.82, 2.24) is 10.3 Å². The Kier molecular flexibility index (Phi) is 6.12. The number of aryl methyl sites for hydroxylation is 1. The number of carboxylic acids is 1. The molecule has 0 saturated carbocycles. The van der Waals surface area contributed by atoms with Crippen LogP contribution in [-0.2, 0) is 16.0 Å². The minimum absolute atomic E-state index is 0.00191. The Hall–Kier alpha value is -2.63. The smallest absolute Gasteiger partial charge is 0.326 e. The molecule has 0 saturated heterocycles. The van der Waals surface area contributed by atoms with Gasteiger partial charge in [-0.05, 0) is 25.5 Å². The van der Waals surface area contributed by atoms with E-state index in [1.54, 1.807) is 6.92 Å². The standard InChI is InChI=1S/C18H22N2O4/c1-3-4-10-14(18(22)23)19-16(21)11-15-12(2)24-17(20-15)13-8-6-5-7-9-13/h5-9,14H,3-4,10-11H2,1-2H3,(H,19,21)(H,22,23). The zero-order chi connectivity index (χ0) is 17.5. The summed E-state index contributed by atoms with van der Waals surface area (Å²) in [5, 5.41) is 11.7. The number of nitrogens with zero attached hydrogens (tertiary/aromatic N) is 1. The van der Waals surface area contributed by atoms with E-state index in [-0.39, 0.29) is 12.3 Å². The second-order valence-corrected chi connectivity index (χ2v) is 5.67. The minimum atomic E-state index is -1.02. The molecule has 1 unspecified atom stereocenters. The van der Waals surface area contributed by atoms with Crippen molar-refractivity contribution in [3.8, 4) is 11.5 Å². The van der Waals surface area contributed by atoms with Crippen LogP contribution in [0.15, 0.2) is 34.7 Å². The van der Waals surface area contributed by atoms with Crippen LogP contribution in [0.3, 0.4) is 0 Å². The van der Waals surface area contributed by atoms with Crippen LogP contribution in [0.2, 0.25) is 0 Å². The van der Waals surface area contributed by atoms with Gasteiger partial charge < -0.3 is 14.8 Å². The minimum Gasteiger partial charge on any atom is -0.480 e. The number of amides is 1. The van der Waals surface area contributed by atoms with Gasteiger partial charge in [0.05, 0.1) is 12.1 Å². The van der Waals surface area contributed by atoms with E-state index in [2.05, 4.69) is 10.3 Å². The number of nitrogens with one attached hydrogen (secondary N) is 1. The summed E-state index contributed by atoms with van der Waals surface area (Å²) in [6.07, 6.45) is 2.05. The van der Waals surface area contributed by atoms with E-state index in [0.29, 0.717) is 23.8 Å². The zero-order valence-corrected chi connectivity index (χ0v) is 13.9. The lowest BCUT2D eigenvalue weighted by Crippen LogP contribution is -2.41. The third-order valence-electron chi connectivity index (χ3n) is 3.72. The van der Waals surface area contributed by atoms with E-state index >= 15 is 0 Å². The molecule has 6 nitrogen and oxygen atoms in total. The van der Waals surface area contributed by atoms with Crippen LogP contribution in [0, 0.1) is 6.92 Å². The summed E-state index contributed by atoms with van der Waals surface area (Å²) in [5.41, 5.74) is 1.35. The number of carbonyl (C=O) groups is 2. The molecule has 1 heterocycles. The summed E-state index contributed by atoms with van der Waals surface area (Å²) in [6, 6.07) is 8.55. The Bertz CT molecular complexity index is 694. The fourth-order valence-corrected chi connectivity index (χ4v) is 2.36. The molecule has 0 spiro atoms. The fourth-order valence-electron chi connectivity index (χ4n) is 2.36. The number of carboxylic acid groups (broad SMARTS) is 1. The SMILES string of the molecule is CCCCC(NC(=O)Cc1nc(-c2ccccc2)oc1C)C(=O)O. The second-order valence-electron chi connectivity index (χ2n) is 5.67. The molecule has 2 N–H and O–H groups in total. The highest BCUT2D eigenvalue weighted by Crippen LogP contribution is 2.21. The van der Waals surface area contributed by atoms with Crippen LogP contribution in [0.25, 0.3) is 11.5 Å². The number of hydrogen-bond acceptors (Lipinski definition) is 4. The number of aliphatic carboxylic acids is 1. The van der Waals surface area contributed by atoms with Crippen molar-refractivity contribution in [3.05, 3.63) is 41.8 Å². The molecule has 1 amide bonds. The highest BCUT2D eigenvalue weighted by Gasteiger charge is 2.21. The first kappa shape index (κ1) is 17.7. The Morgan fingerprint density at radius 3 is 2.62 bits per heavy atom. The van der Waals surface area contributed by atoms with Crippen molar-refractivity contribution in [2.24, 2.45) is 0 Å². The Balaban J connectivity index is 2.04. The van der Waals surface area contributed by atoms with E-state index in [4.69, 9.17) is 4.42 Å². The van der Waals surface area contributed by atoms with E-state index in [1.807, 2.05) is 37.3 Å². The monoisotopic (exact) mass is 330 g/mol. The summed E-state index contributed by atoms with van der Waals surface area (Å²) in [5.74, 6) is -0.366. The average molecular weight is 330 g/mol. The molecule has 1 aromatic carbocycles. The first-order valence-electron chi connectivity index (χ1n) is 8.05.